The molecular formula is C26H26O2. The first-order chi connectivity index (χ1) is 13.7. The Morgan fingerprint density at radius 2 is 1.39 bits per heavy atom. The van der Waals surface area contributed by atoms with Crippen LogP contribution in [0.1, 0.15) is 52.6 Å². The third-order valence-electron chi connectivity index (χ3n) is 7.65. The fourth-order valence-corrected chi connectivity index (χ4v) is 6.51. The van der Waals surface area contributed by atoms with E-state index in [0.29, 0.717) is 0 Å². The fourth-order valence-electron chi connectivity index (χ4n) is 6.51. The van der Waals surface area contributed by atoms with Gasteiger partial charge in [-0.2, -0.15) is 0 Å². The van der Waals surface area contributed by atoms with Gasteiger partial charge in [-0.1, -0.05) is 29.9 Å². The SMILES string of the molecule is COc1ccc2c3c1CC1=C(CC=C1)Cc1c(OC)ccc4c1[C@@]3(CC2)CC4. The molecule has 1 atom stereocenters. The largest absolute Gasteiger partial charge is 0.496 e. The number of ether oxygens (including phenoxy) is 2. The molecule has 0 bridgehead atoms. The van der Waals surface area contributed by atoms with Crippen LogP contribution in [0.25, 0.3) is 0 Å². The molecule has 0 amide bonds. The van der Waals surface area contributed by atoms with Crippen LogP contribution in [-0.2, 0) is 31.1 Å². The summed E-state index contributed by atoms with van der Waals surface area (Å²) in [7, 11) is 3.65. The number of aryl methyl sites for hydroxylation is 2. The molecule has 4 aliphatic carbocycles. The molecule has 0 aromatic heterocycles. The van der Waals surface area contributed by atoms with Crippen LogP contribution >= 0.6 is 0 Å². The summed E-state index contributed by atoms with van der Waals surface area (Å²) in [5.41, 5.74) is 12.3. The molecular weight excluding hydrogens is 344 g/mol. The van der Waals surface area contributed by atoms with Gasteiger partial charge in [0.15, 0.2) is 0 Å². The van der Waals surface area contributed by atoms with Crippen molar-refractivity contribution in [3.63, 3.8) is 0 Å². The maximum Gasteiger partial charge on any atom is 0.122 e. The Kier molecular flexibility index (Phi) is 3.39. The van der Waals surface area contributed by atoms with Gasteiger partial charge in [0.05, 0.1) is 14.2 Å². The van der Waals surface area contributed by atoms with Crippen LogP contribution in [0.3, 0.4) is 0 Å². The summed E-state index contributed by atoms with van der Waals surface area (Å²) >= 11 is 0. The summed E-state index contributed by atoms with van der Waals surface area (Å²) in [5.74, 6) is 2.13. The molecule has 142 valence electrons. The van der Waals surface area contributed by atoms with Crippen molar-refractivity contribution in [1.29, 1.82) is 0 Å². The van der Waals surface area contributed by atoms with E-state index in [1.165, 1.54) is 53.5 Å². The fraction of sp³-hybridized carbons (Fsp3) is 0.385. The van der Waals surface area contributed by atoms with Gasteiger partial charge in [-0.25, -0.2) is 0 Å². The average molecular weight is 370 g/mol. The summed E-state index contributed by atoms with van der Waals surface area (Å²) in [6, 6.07) is 9.05. The molecule has 28 heavy (non-hydrogen) atoms. The van der Waals surface area contributed by atoms with Gasteiger partial charge in [0.2, 0.25) is 0 Å². The van der Waals surface area contributed by atoms with Crippen molar-refractivity contribution in [2.24, 2.45) is 0 Å². The van der Waals surface area contributed by atoms with Crippen LogP contribution in [-0.4, -0.2) is 14.2 Å². The van der Waals surface area contributed by atoms with Crippen LogP contribution in [0.2, 0.25) is 0 Å². The van der Waals surface area contributed by atoms with Crippen LogP contribution in [0.5, 0.6) is 11.5 Å². The second kappa shape index (κ2) is 5.76. The van der Waals surface area contributed by atoms with Gasteiger partial charge in [-0.05, 0) is 78.5 Å². The Morgan fingerprint density at radius 1 is 0.786 bits per heavy atom. The highest BCUT2D eigenvalue weighted by Gasteiger charge is 2.48. The molecule has 0 saturated carbocycles. The number of allylic oxidation sites excluding steroid dienone is 4. The molecule has 0 saturated heterocycles. The summed E-state index contributed by atoms with van der Waals surface area (Å²) in [6.45, 7) is 0. The molecule has 2 nitrogen and oxygen atoms in total. The Labute approximate surface area is 166 Å². The predicted octanol–water partition coefficient (Wildman–Crippen LogP) is 5.24. The number of methoxy groups -OCH3 is 2. The summed E-state index contributed by atoms with van der Waals surface area (Å²) in [6.07, 6.45) is 12.5. The number of hydrogen-bond donors (Lipinski definition) is 0. The van der Waals surface area contributed by atoms with E-state index in [-0.39, 0.29) is 5.41 Å². The molecule has 2 aromatic carbocycles. The van der Waals surface area contributed by atoms with Gasteiger partial charge in [0.25, 0.3) is 0 Å². The molecule has 0 fully saturated rings. The van der Waals surface area contributed by atoms with Crippen molar-refractivity contribution in [2.45, 2.75) is 50.4 Å². The predicted molar refractivity (Wildman–Crippen MR) is 112 cm³/mol. The lowest BCUT2D eigenvalue weighted by Gasteiger charge is -2.31. The van der Waals surface area contributed by atoms with E-state index in [2.05, 4.69) is 36.4 Å². The summed E-state index contributed by atoms with van der Waals surface area (Å²) in [4.78, 5) is 0. The normalized spacial score (nSPS) is 23.6. The standard InChI is InChI=1S/C26H26O2/c1-27-22-8-6-16-10-12-26-13-11-17-7-9-23(28-2)21(25(17)26)15-19-5-3-4-18(19)14-20(22)24(16)26/h3-4,6-9H,5,10-15H2,1-2H3/t26-/m0/s1. The van der Waals surface area contributed by atoms with E-state index in [1.807, 2.05) is 14.2 Å². The third-order valence-corrected chi connectivity index (χ3v) is 7.65. The topological polar surface area (TPSA) is 18.5 Å². The molecule has 0 N–H and O–H groups in total. The summed E-state index contributed by atoms with van der Waals surface area (Å²) < 4.78 is 11.8. The molecule has 0 aliphatic heterocycles. The van der Waals surface area contributed by atoms with Crippen molar-refractivity contribution in [3.8, 4) is 11.5 Å². The maximum atomic E-state index is 5.90. The van der Waals surface area contributed by atoms with Crippen LogP contribution in [0.4, 0.5) is 0 Å². The Bertz CT molecular complexity index is 1070. The lowest BCUT2D eigenvalue weighted by molar-refractivity contribution is 0.404. The van der Waals surface area contributed by atoms with Crippen molar-refractivity contribution in [1.82, 2.24) is 0 Å². The molecule has 2 heteroatoms. The van der Waals surface area contributed by atoms with Crippen LogP contribution in [0.15, 0.2) is 47.6 Å². The van der Waals surface area contributed by atoms with Crippen molar-refractivity contribution in [2.75, 3.05) is 14.2 Å². The number of benzene rings is 2. The second-order valence-electron chi connectivity index (χ2n) is 8.73. The first kappa shape index (κ1) is 16.5. The molecule has 6 rings (SSSR count). The minimum atomic E-state index is 0.141. The molecule has 4 aliphatic rings. The van der Waals surface area contributed by atoms with E-state index in [4.69, 9.17) is 9.47 Å². The van der Waals surface area contributed by atoms with Gasteiger partial charge in [-0.3, -0.25) is 0 Å². The Morgan fingerprint density at radius 3 is 2.00 bits per heavy atom. The number of rotatable bonds is 2. The second-order valence-corrected chi connectivity index (χ2v) is 8.73. The lowest BCUT2D eigenvalue weighted by atomic mass is 9.72. The third kappa shape index (κ3) is 1.98. The first-order valence-electron chi connectivity index (χ1n) is 10.5. The quantitative estimate of drug-likeness (QED) is 0.720. The highest BCUT2D eigenvalue weighted by molar-refractivity contribution is 5.66. The van der Waals surface area contributed by atoms with Crippen molar-refractivity contribution in [3.05, 3.63) is 80.9 Å². The minimum absolute atomic E-state index is 0.141. The molecule has 2 aromatic rings. The van der Waals surface area contributed by atoms with Gasteiger partial charge in [0.1, 0.15) is 11.5 Å². The molecule has 0 heterocycles. The molecule has 1 spiro atoms. The maximum absolute atomic E-state index is 5.90. The monoisotopic (exact) mass is 370 g/mol. The first-order valence-corrected chi connectivity index (χ1v) is 10.5. The van der Waals surface area contributed by atoms with Gasteiger partial charge >= 0.3 is 0 Å². The zero-order valence-electron chi connectivity index (χ0n) is 16.7. The highest BCUT2D eigenvalue weighted by atomic mass is 16.5. The highest BCUT2D eigenvalue weighted by Crippen LogP contribution is 2.58. The van der Waals surface area contributed by atoms with Crippen LogP contribution in [0, 0.1) is 0 Å². The minimum Gasteiger partial charge on any atom is -0.496 e. The van der Waals surface area contributed by atoms with Crippen molar-refractivity contribution >= 4 is 0 Å². The zero-order chi connectivity index (χ0) is 18.9. The molecule has 0 radical (unpaired) electrons. The van der Waals surface area contributed by atoms with E-state index in [9.17, 15) is 0 Å². The van der Waals surface area contributed by atoms with Crippen molar-refractivity contribution < 1.29 is 9.47 Å². The molecule has 0 unspecified atom stereocenters. The lowest BCUT2D eigenvalue weighted by Crippen LogP contribution is -2.24. The van der Waals surface area contributed by atoms with Gasteiger partial charge in [-0.15, -0.1) is 0 Å². The van der Waals surface area contributed by atoms with Crippen LogP contribution < -0.4 is 9.47 Å². The van der Waals surface area contributed by atoms with E-state index in [0.717, 1.165) is 30.8 Å². The van der Waals surface area contributed by atoms with E-state index in [1.54, 1.807) is 16.7 Å². The Hall–Kier alpha value is -2.48. The number of hydrogen-bond acceptors (Lipinski definition) is 2. The van der Waals surface area contributed by atoms with E-state index >= 15 is 0 Å². The summed E-state index contributed by atoms with van der Waals surface area (Å²) in [5, 5.41) is 0. The van der Waals surface area contributed by atoms with Gasteiger partial charge in [0, 0.05) is 23.0 Å². The Balaban J connectivity index is 1.74. The smallest absolute Gasteiger partial charge is 0.122 e. The van der Waals surface area contributed by atoms with E-state index < -0.39 is 0 Å². The van der Waals surface area contributed by atoms with Gasteiger partial charge < -0.3 is 9.47 Å². The zero-order valence-corrected chi connectivity index (χ0v) is 16.7. The average Bonchev–Trinajstić information content (AvgIpc) is 3.41.